The van der Waals surface area contributed by atoms with E-state index in [-0.39, 0.29) is 51.5 Å². The van der Waals surface area contributed by atoms with Gasteiger partial charge >= 0.3 is 0 Å². The summed E-state index contributed by atoms with van der Waals surface area (Å²) in [5.41, 5.74) is 0.435. The van der Waals surface area contributed by atoms with Gasteiger partial charge in [0.1, 0.15) is 46.7 Å². The number of aliphatic hydroxyl groups is 2. The number of rotatable bonds is 3. The Morgan fingerprint density at radius 2 is 1.14 bits per heavy atom. The fraction of sp³-hybridized carbons (Fsp3) is 0.200. The topological polar surface area (TPSA) is 221 Å². The van der Waals surface area contributed by atoms with Gasteiger partial charge in [0.05, 0.1) is 12.0 Å². The Bertz CT molecular complexity index is 1720. The van der Waals surface area contributed by atoms with Gasteiger partial charge in [-0.3, -0.25) is 0 Å². The van der Waals surface area contributed by atoms with Gasteiger partial charge in [-0.25, -0.2) is 0 Å². The van der Waals surface area contributed by atoms with Crippen LogP contribution < -0.4 is 9.47 Å². The molecule has 0 aromatic heterocycles. The van der Waals surface area contributed by atoms with Crippen molar-refractivity contribution in [2.24, 2.45) is 0 Å². The molecule has 0 radical (unpaired) electrons. The zero-order chi connectivity index (χ0) is 30.0. The number of hydrogen-bond donors (Lipinski definition) is 10. The number of fused-ring (bicyclic) bond motifs is 2. The van der Waals surface area contributed by atoms with Crippen LogP contribution in [0, 0.1) is 0 Å². The minimum absolute atomic E-state index is 0.0312. The summed E-state index contributed by atoms with van der Waals surface area (Å²) in [6.07, 6.45) is -5.43. The molecule has 2 aliphatic heterocycles. The first kappa shape index (κ1) is 27.0. The number of hydrogen-bond acceptors (Lipinski definition) is 12. The molecule has 10 N–H and O–H groups in total. The van der Waals surface area contributed by atoms with E-state index in [1.54, 1.807) is 0 Å². The number of aromatic hydroxyl groups is 8. The fourth-order valence-corrected chi connectivity index (χ4v) is 5.71. The van der Waals surface area contributed by atoms with Gasteiger partial charge in [-0.1, -0.05) is 12.1 Å². The molecule has 12 nitrogen and oxygen atoms in total. The molecule has 0 aliphatic carbocycles. The maximum Gasteiger partial charge on any atom is 0.157 e. The smallest absolute Gasteiger partial charge is 0.157 e. The Labute approximate surface area is 237 Å². The molecule has 42 heavy (non-hydrogen) atoms. The maximum absolute atomic E-state index is 11.8. The summed E-state index contributed by atoms with van der Waals surface area (Å²) in [5.74, 6) is -5.08. The Balaban J connectivity index is 1.55. The van der Waals surface area contributed by atoms with Gasteiger partial charge in [0, 0.05) is 41.3 Å². The summed E-state index contributed by atoms with van der Waals surface area (Å²) in [5, 5.41) is 105. The quantitative estimate of drug-likeness (QED) is 0.159. The summed E-state index contributed by atoms with van der Waals surface area (Å²) in [4.78, 5) is 0. The number of aliphatic hydroxyl groups excluding tert-OH is 2. The number of phenols is 8. The highest BCUT2D eigenvalue weighted by atomic mass is 16.5. The molecule has 0 fully saturated rings. The van der Waals surface area contributed by atoms with Crippen LogP contribution in [-0.2, 0) is 6.42 Å². The van der Waals surface area contributed by atoms with Crippen LogP contribution in [0.25, 0.3) is 0 Å². The van der Waals surface area contributed by atoms with E-state index < -0.39 is 70.6 Å². The van der Waals surface area contributed by atoms with Crippen molar-refractivity contribution in [3.8, 4) is 57.5 Å². The summed E-state index contributed by atoms with van der Waals surface area (Å²) in [6, 6.07) is 10.8. The van der Waals surface area contributed by atoms with Gasteiger partial charge in [0.15, 0.2) is 29.1 Å². The van der Waals surface area contributed by atoms with Crippen molar-refractivity contribution in [1.29, 1.82) is 0 Å². The van der Waals surface area contributed by atoms with Crippen LogP contribution in [0.15, 0.2) is 54.6 Å². The van der Waals surface area contributed by atoms with Gasteiger partial charge < -0.3 is 60.5 Å². The van der Waals surface area contributed by atoms with Gasteiger partial charge in [-0.05, 0) is 35.4 Å². The van der Waals surface area contributed by atoms with Gasteiger partial charge in [0.2, 0.25) is 0 Å². The maximum atomic E-state index is 11.8. The molecule has 0 saturated carbocycles. The Morgan fingerprint density at radius 1 is 0.548 bits per heavy atom. The standard InChI is InChI=1S/C30H26O12/c31-13-7-20(37)24-23(8-13)41-29(12-2-4-16(33)19(36)6-12)27(40)26(24)25-21(38)10-17(34)14-9-22(39)28(42-30(14)25)11-1-3-15(32)18(35)5-11/h1-8,10,22,26-29,31-40H,9H2/t22-,26-,27+,28+,29-/m1/s1. The molecular formula is C30H26O12. The molecule has 2 heterocycles. The molecule has 5 atom stereocenters. The van der Waals surface area contributed by atoms with Crippen molar-refractivity contribution in [3.05, 3.63) is 82.4 Å². The first-order valence-electron chi connectivity index (χ1n) is 12.8. The highest BCUT2D eigenvalue weighted by Crippen LogP contribution is 2.57. The van der Waals surface area contributed by atoms with Crippen LogP contribution in [0.1, 0.15) is 45.9 Å². The van der Waals surface area contributed by atoms with E-state index in [4.69, 9.17) is 9.47 Å². The second-order valence-electron chi connectivity index (χ2n) is 10.3. The second kappa shape index (κ2) is 9.72. The van der Waals surface area contributed by atoms with Gasteiger partial charge in [0.25, 0.3) is 0 Å². The lowest BCUT2D eigenvalue weighted by Crippen LogP contribution is -2.36. The van der Waals surface area contributed by atoms with Crippen molar-refractivity contribution in [2.45, 2.75) is 36.8 Å². The predicted octanol–water partition coefficient (Wildman–Crippen LogP) is 3.00. The SMILES string of the molecule is Oc1cc(O)c2c(c1)O[C@H](c1ccc(O)c(O)c1)[C@@H](O)[C@H]2c1c(O)cc(O)c2c1O[C@@H](c1ccc(O)c(O)c1)[C@H](O)C2. The first-order chi connectivity index (χ1) is 19.9. The minimum Gasteiger partial charge on any atom is -0.508 e. The van der Waals surface area contributed by atoms with E-state index in [0.29, 0.717) is 0 Å². The van der Waals surface area contributed by atoms with Gasteiger partial charge in [-0.2, -0.15) is 0 Å². The highest BCUT2D eigenvalue weighted by Gasteiger charge is 2.46. The molecule has 0 amide bonds. The van der Waals surface area contributed by atoms with E-state index in [2.05, 4.69) is 0 Å². The minimum atomic E-state index is -1.59. The van der Waals surface area contributed by atoms with E-state index in [0.717, 1.165) is 12.1 Å². The van der Waals surface area contributed by atoms with E-state index >= 15 is 0 Å². The van der Waals surface area contributed by atoms with Crippen LogP contribution in [0.2, 0.25) is 0 Å². The average Bonchev–Trinajstić information content (AvgIpc) is 2.93. The van der Waals surface area contributed by atoms with Crippen molar-refractivity contribution in [3.63, 3.8) is 0 Å². The molecule has 0 saturated heterocycles. The molecular weight excluding hydrogens is 552 g/mol. The van der Waals surface area contributed by atoms with Crippen molar-refractivity contribution in [2.75, 3.05) is 0 Å². The van der Waals surface area contributed by atoms with E-state index in [1.807, 2.05) is 0 Å². The monoisotopic (exact) mass is 578 g/mol. The van der Waals surface area contributed by atoms with E-state index in [1.165, 1.54) is 42.5 Å². The first-order valence-corrected chi connectivity index (χ1v) is 12.8. The van der Waals surface area contributed by atoms with Crippen molar-refractivity contribution < 1.29 is 60.5 Å². The number of benzene rings is 4. The summed E-state index contributed by atoms with van der Waals surface area (Å²) < 4.78 is 12.1. The molecule has 4 aromatic rings. The summed E-state index contributed by atoms with van der Waals surface area (Å²) in [7, 11) is 0. The zero-order valence-electron chi connectivity index (χ0n) is 21.6. The van der Waals surface area contributed by atoms with Crippen LogP contribution in [0.4, 0.5) is 0 Å². The Hall–Kier alpha value is -5.20. The molecule has 0 unspecified atom stereocenters. The molecule has 0 bridgehead atoms. The fourth-order valence-electron chi connectivity index (χ4n) is 5.71. The summed E-state index contributed by atoms with van der Waals surface area (Å²) >= 11 is 0. The third kappa shape index (κ3) is 4.24. The van der Waals surface area contributed by atoms with Crippen molar-refractivity contribution >= 4 is 0 Å². The average molecular weight is 579 g/mol. The normalized spacial score (nSPS) is 22.9. The predicted molar refractivity (Wildman–Crippen MR) is 143 cm³/mol. The molecule has 12 heteroatoms. The van der Waals surface area contributed by atoms with Crippen molar-refractivity contribution in [1.82, 2.24) is 0 Å². The largest absolute Gasteiger partial charge is 0.508 e. The molecule has 6 rings (SSSR count). The lowest BCUT2D eigenvalue weighted by Gasteiger charge is -2.40. The molecule has 4 aromatic carbocycles. The molecule has 218 valence electrons. The summed E-state index contributed by atoms with van der Waals surface area (Å²) in [6.45, 7) is 0. The van der Waals surface area contributed by atoms with Crippen LogP contribution in [0.3, 0.4) is 0 Å². The lowest BCUT2D eigenvalue weighted by molar-refractivity contribution is 0.00115. The van der Waals surface area contributed by atoms with Crippen LogP contribution in [0.5, 0.6) is 57.5 Å². The molecule has 0 spiro atoms. The van der Waals surface area contributed by atoms with E-state index in [9.17, 15) is 51.1 Å². The number of ether oxygens (including phenoxy) is 2. The second-order valence-corrected chi connectivity index (χ2v) is 10.3. The lowest BCUT2D eigenvalue weighted by atomic mass is 9.77. The zero-order valence-corrected chi connectivity index (χ0v) is 21.6. The van der Waals surface area contributed by atoms with Crippen LogP contribution in [-0.4, -0.2) is 63.3 Å². The Kier molecular flexibility index (Phi) is 6.24. The van der Waals surface area contributed by atoms with Gasteiger partial charge in [-0.15, -0.1) is 0 Å². The van der Waals surface area contributed by atoms with Crippen LogP contribution >= 0.6 is 0 Å². The third-order valence-corrected chi connectivity index (χ3v) is 7.67. The third-order valence-electron chi connectivity index (χ3n) is 7.67. The Morgan fingerprint density at radius 3 is 1.76 bits per heavy atom. The number of phenolic OH excluding ortho intramolecular Hbond substituents is 8. The highest BCUT2D eigenvalue weighted by molar-refractivity contribution is 5.65. The molecule has 2 aliphatic rings.